The predicted molar refractivity (Wildman–Crippen MR) is 44.8 cm³/mol. The molecular formula is C8H10N2O4. The highest BCUT2D eigenvalue weighted by Crippen LogP contribution is 2.10. The van der Waals surface area contributed by atoms with Crippen LogP contribution in [0.4, 0.5) is 0 Å². The molecule has 1 aliphatic rings. The largest absolute Gasteiger partial charge is 0.295 e. The molecule has 0 saturated carbocycles. The van der Waals surface area contributed by atoms with Crippen LogP contribution >= 0.6 is 0 Å². The molecule has 6 nitrogen and oxygen atoms in total. The van der Waals surface area contributed by atoms with E-state index in [1.165, 1.54) is 6.92 Å². The van der Waals surface area contributed by atoms with Gasteiger partial charge in [-0.05, 0) is 6.42 Å². The third-order valence-electron chi connectivity index (χ3n) is 2.02. The second-order valence-electron chi connectivity index (χ2n) is 3.00. The van der Waals surface area contributed by atoms with Gasteiger partial charge in [0.25, 0.3) is 0 Å². The Labute approximate surface area is 80.2 Å². The van der Waals surface area contributed by atoms with Crippen molar-refractivity contribution in [2.75, 3.05) is 0 Å². The van der Waals surface area contributed by atoms with Gasteiger partial charge in [0, 0.05) is 13.3 Å². The lowest BCUT2D eigenvalue weighted by Gasteiger charge is -2.27. The average Bonchev–Trinajstić information content (AvgIpc) is 2.09. The zero-order valence-corrected chi connectivity index (χ0v) is 7.65. The Morgan fingerprint density at radius 3 is 2.64 bits per heavy atom. The maximum atomic E-state index is 11.2. The predicted octanol–water partition coefficient (Wildman–Crippen LogP) is -1.20. The quantitative estimate of drug-likeness (QED) is 0.446. The number of rotatable bonds is 2. The minimum atomic E-state index is -0.845. The SMILES string of the molecule is CC(=O)N(C=O)C1CCC(=O)NC1=O. The van der Waals surface area contributed by atoms with Crippen LogP contribution in [0, 0.1) is 0 Å². The fraction of sp³-hybridized carbons (Fsp3) is 0.500. The monoisotopic (exact) mass is 198 g/mol. The second-order valence-corrected chi connectivity index (χ2v) is 3.00. The average molecular weight is 198 g/mol. The first-order valence-corrected chi connectivity index (χ1v) is 4.14. The summed E-state index contributed by atoms with van der Waals surface area (Å²) >= 11 is 0. The van der Waals surface area contributed by atoms with Crippen molar-refractivity contribution in [2.45, 2.75) is 25.8 Å². The zero-order chi connectivity index (χ0) is 10.7. The van der Waals surface area contributed by atoms with E-state index in [4.69, 9.17) is 0 Å². The van der Waals surface area contributed by atoms with Crippen molar-refractivity contribution < 1.29 is 19.2 Å². The van der Waals surface area contributed by atoms with Crippen LogP contribution in [0.15, 0.2) is 0 Å². The summed E-state index contributed by atoms with van der Waals surface area (Å²) in [6.07, 6.45) is 0.652. The molecule has 0 aromatic heterocycles. The summed E-state index contributed by atoms with van der Waals surface area (Å²) < 4.78 is 0. The van der Waals surface area contributed by atoms with Gasteiger partial charge in [-0.2, -0.15) is 0 Å². The summed E-state index contributed by atoms with van der Waals surface area (Å²) in [6, 6.07) is -0.845. The van der Waals surface area contributed by atoms with Crippen molar-refractivity contribution in [3.63, 3.8) is 0 Å². The maximum absolute atomic E-state index is 11.2. The van der Waals surface area contributed by atoms with Crippen LogP contribution in [-0.4, -0.2) is 35.1 Å². The minimum absolute atomic E-state index is 0.147. The number of imide groups is 2. The van der Waals surface area contributed by atoms with Crippen LogP contribution in [0.2, 0.25) is 0 Å². The molecule has 4 amide bonds. The van der Waals surface area contributed by atoms with E-state index in [9.17, 15) is 19.2 Å². The molecule has 1 fully saturated rings. The standard InChI is InChI=1S/C8H10N2O4/c1-5(12)10(4-11)6-2-3-7(13)9-8(6)14/h4,6H,2-3H2,1H3,(H,9,13,14). The van der Waals surface area contributed by atoms with Crippen molar-refractivity contribution in [1.82, 2.24) is 10.2 Å². The van der Waals surface area contributed by atoms with Gasteiger partial charge < -0.3 is 0 Å². The van der Waals surface area contributed by atoms with Gasteiger partial charge in [0.05, 0.1) is 0 Å². The summed E-state index contributed by atoms with van der Waals surface area (Å²) in [5.41, 5.74) is 0. The summed E-state index contributed by atoms with van der Waals surface area (Å²) in [5.74, 6) is -1.47. The molecule has 6 heteroatoms. The Hall–Kier alpha value is -1.72. The molecule has 0 spiro atoms. The third-order valence-corrected chi connectivity index (χ3v) is 2.02. The number of carbonyl (C=O) groups is 4. The van der Waals surface area contributed by atoms with Crippen LogP contribution in [-0.2, 0) is 19.2 Å². The molecule has 1 aliphatic heterocycles. The van der Waals surface area contributed by atoms with Crippen LogP contribution < -0.4 is 5.32 Å². The molecule has 0 aromatic carbocycles. The van der Waals surface area contributed by atoms with E-state index >= 15 is 0 Å². The Balaban J connectivity index is 2.76. The summed E-state index contributed by atoms with van der Waals surface area (Å²) in [5, 5.41) is 2.07. The molecule has 0 aromatic rings. The van der Waals surface area contributed by atoms with E-state index in [-0.39, 0.29) is 18.7 Å². The first kappa shape index (κ1) is 10.4. The number of nitrogens with one attached hydrogen (secondary N) is 1. The topological polar surface area (TPSA) is 83.6 Å². The Bertz CT molecular complexity index is 300. The molecule has 1 heterocycles. The smallest absolute Gasteiger partial charge is 0.249 e. The molecule has 0 aliphatic carbocycles. The Morgan fingerprint density at radius 1 is 1.57 bits per heavy atom. The van der Waals surface area contributed by atoms with Crippen LogP contribution in [0.25, 0.3) is 0 Å². The number of nitrogens with zero attached hydrogens (tertiary/aromatic N) is 1. The van der Waals surface area contributed by atoms with Gasteiger partial charge in [0.2, 0.25) is 24.1 Å². The number of piperidine rings is 1. The van der Waals surface area contributed by atoms with Gasteiger partial charge in [-0.3, -0.25) is 29.4 Å². The molecule has 0 bridgehead atoms. The van der Waals surface area contributed by atoms with Gasteiger partial charge in [-0.25, -0.2) is 0 Å². The fourth-order valence-corrected chi connectivity index (χ4v) is 1.31. The minimum Gasteiger partial charge on any atom is -0.295 e. The molecule has 1 saturated heterocycles. The fourth-order valence-electron chi connectivity index (χ4n) is 1.31. The van der Waals surface area contributed by atoms with E-state index in [2.05, 4.69) is 5.32 Å². The first-order chi connectivity index (χ1) is 6.56. The van der Waals surface area contributed by atoms with Crippen molar-refractivity contribution in [3.8, 4) is 0 Å². The maximum Gasteiger partial charge on any atom is 0.249 e. The highest BCUT2D eigenvalue weighted by Gasteiger charge is 2.32. The van der Waals surface area contributed by atoms with Gasteiger partial charge >= 0.3 is 0 Å². The zero-order valence-electron chi connectivity index (χ0n) is 7.65. The highest BCUT2D eigenvalue weighted by molar-refractivity contribution is 6.03. The number of hydrogen-bond donors (Lipinski definition) is 1. The van der Waals surface area contributed by atoms with Gasteiger partial charge in [-0.1, -0.05) is 0 Å². The van der Waals surface area contributed by atoms with Crippen LogP contribution in [0.1, 0.15) is 19.8 Å². The van der Waals surface area contributed by atoms with Gasteiger partial charge in [0.1, 0.15) is 6.04 Å². The summed E-state index contributed by atoms with van der Waals surface area (Å²) in [4.78, 5) is 44.2. The van der Waals surface area contributed by atoms with Crippen molar-refractivity contribution >= 4 is 24.1 Å². The van der Waals surface area contributed by atoms with E-state index in [1.54, 1.807) is 0 Å². The normalized spacial score (nSPS) is 21.4. The molecule has 1 atom stereocenters. The highest BCUT2D eigenvalue weighted by atomic mass is 16.2. The van der Waals surface area contributed by atoms with E-state index in [0.717, 1.165) is 4.90 Å². The molecule has 14 heavy (non-hydrogen) atoms. The first-order valence-electron chi connectivity index (χ1n) is 4.14. The van der Waals surface area contributed by atoms with E-state index in [0.29, 0.717) is 6.41 Å². The molecular weight excluding hydrogens is 188 g/mol. The van der Waals surface area contributed by atoms with Crippen LogP contribution in [0.5, 0.6) is 0 Å². The summed E-state index contributed by atoms with van der Waals surface area (Å²) in [7, 11) is 0. The molecule has 1 unspecified atom stereocenters. The lowest BCUT2D eigenvalue weighted by atomic mass is 10.1. The third kappa shape index (κ3) is 1.95. The Morgan fingerprint density at radius 2 is 2.21 bits per heavy atom. The van der Waals surface area contributed by atoms with Gasteiger partial charge in [0.15, 0.2) is 0 Å². The molecule has 1 N–H and O–H groups in total. The second kappa shape index (κ2) is 3.99. The van der Waals surface area contributed by atoms with Gasteiger partial charge in [-0.15, -0.1) is 0 Å². The van der Waals surface area contributed by atoms with E-state index < -0.39 is 17.9 Å². The van der Waals surface area contributed by atoms with Crippen molar-refractivity contribution in [2.24, 2.45) is 0 Å². The molecule has 1 rings (SSSR count). The Kier molecular flexibility index (Phi) is 2.95. The lowest BCUT2D eigenvalue weighted by molar-refractivity contribution is -0.149. The lowest BCUT2D eigenvalue weighted by Crippen LogP contribution is -2.53. The van der Waals surface area contributed by atoms with Crippen molar-refractivity contribution in [3.05, 3.63) is 0 Å². The number of carbonyl (C=O) groups excluding carboxylic acids is 4. The van der Waals surface area contributed by atoms with Crippen LogP contribution in [0.3, 0.4) is 0 Å². The van der Waals surface area contributed by atoms with Crippen molar-refractivity contribution in [1.29, 1.82) is 0 Å². The number of hydrogen-bond acceptors (Lipinski definition) is 4. The summed E-state index contributed by atoms with van der Waals surface area (Å²) in [6.45, 7) is 1.19. The number of amides is 4. The molecule has 0 radical (unpaired) electrons. The van der Waals surface area contributed by atoms with E-state index in [1.807, 2.05) is 0 Å². The molecule has 76 valence electrons.